The Balaban J connectivity index is 1.72. The third-order valence-electron chi connectivity index (χ3n) is 4.24. The lowest BCUT2D eigenvalue weighted by Gasteiger charge is -2.17. The molecule has 26 heavy (non-hydrogen) atoms. The van der Waals surface area contributed by atoms with Crippen molar-refractivity contribution >= 4 is 0 Å². The second kappa shape index (κ2) is 6.58. The van der Waals surface area contributed by atoms with Gasteiger partial charge in [0.05, 0.1) is 17.2 Å². The first-order valence-electron chi connectivity index (χ1n) is 7.71. The number of benzene rings is 1. The fourth-order valence-electron chi connectivity index (χ4n) is 2.96. The molecular weight excluding hydrogens is 364 g/mol. The van der Waals surface area contributed by atoms with Crippen molar-refractivity contribution in [2.24, 2.45) is 11.7 Å². The van der Waals surface area contributed by atoms with Crippen LogP contribution in [0.5, 0.6) is 0 Å². The van der Waals surface area contributed by atoms with Gasteiger partial charge in [0.2, 0.25) is 5.89 Å². The van der Waals surface area contributed by atoms with E-state index in [0.29, 0.717) is 5.69 Å². The zero-order valence-electron chi connectivity index (χ0n) is 13.3. The predicted molar refractivity (Wildman–Crippen MR) is 79.7 cm³/mol. The molecule has 0 saturated carbocycles. The molecule has 2 N–H and O–H groups in total. The van der Waals surface area contributed by atoms with Crippen LogP contribution in [0.1, 0.15) is 11.3 Å². The highest BCUT2D eigenvalue weighted by Gasteiger charge is 2.48. The lowest BCUT2D eigenvalue weighted by molar-refractivity contribution is -0.173. The van der Waals surface area contributed by atoms with Gasteiger partial charge in [-0.05, 0) is 18.2 Å². The molecule has 1 fully saturated rings. The van der Waals surface area contributed by atoms with Crippen LogP contribution in [0.25, 0.3) is 11.5 Å². The van der Waals surface area contributed by atoms with Crippen molar-refractivity contribution in [2.45, 2.75) is 24.9 Å². The van der Waals surface area contributed by atoms with Crippen molar-refractivity contribution in [3.63, 3.8) is 0 Å². The average molecular weight is 379 g/mol. The Labute approximate surface area is 144 Å². The molecule has 0 aliphatic carbocycles. The molecule has 0 unspecified atom stereocenters. The topological polar surface area (TPSA) is 55.3 Å². The van der Waals surface area contributed by atoms with Crippen LogP contribution in [0.15, 0.2) is 34.9 Å². The summed E-state index contributed by atoms with van der Waals surface area (Å²) in [5.74, 6) is -1.64. The minimum absolute atomic E-state index is 0.0260. The maximum atomic E-state index is 12.9. The lowest BCUT2D eigenvalue weighted by atomic mass is 10.1. The quantitative estimate of drug-likeness (QED) is 0.827. The number of nitrogens with two attached hydrogens (primary N) is 1. The van der Waals surface area contributed by atoms with Crippen LogP contribution in [-0.4, -0.2) is 35.2 Å². The Morgan fingerprint density at radius 1 is 1.15 bits per heavy atom. The van der Waals surface area contributed by atoms with E-state index in [1.54, 1.807) is 0 Å². The lowest BCUT2D eigenvalue weighted by Crippen LogP contribution is -2.38. The van der Waals surface area contributed by atoms with Crippen molar-refractivity contribution in [1.82, 2.24) is 9.88 Å². The molecule has 0 bridgehead atoms. The first kappa shape index (κ1) is 18.7. The number of hydrogen-bond donors (Lipinski definition) is 1. The van der Waals surface area contributed by atoms with E-state index in [1.807, 2.05) is 0 Å². The van der Waals surface area contributed by atoms with E-state index in [-0.39, 0.29) is 31.1 Å². The van der Waals surface area contributed by atoms with Gasteiger partial charge in [0.15, 0.2) is 0 Å². The van der Waals surface area contributed by atoms with E-state index in [9.17, 15) is 26.3 Å². The summed E-state index contributed by atoms with van der Waals surface area (Å²) in [5, 5.41) is 0. The summed E-state index contributed by atoms with van der Waals surface area (Å²) in [6, 6.07) is 3.45. The molecule has 0 radical (unpaired) electrons. The Morgan fingerprint density at radius 3 is 2.50 bits per heavy atom. The van der Waals surface area contributed by atoms with Crippen molar-refractivity contribution in [1.29, 1.82) is 0 Å². The van der Waals surface area contributed by atoms with Crippen molar-refractivity contribution in [2.75, 3.05) is 13.1 Å². The molecule has 1 aromatic heterocycles. The summed E-state index contributed by atoms with van der Waals surface area (Å²) in [6.07, 6.45) is -7.65. The third-order valence-corrected chi connectivity index (χ3v) is 4.24. The second-order valence-corrected chi connectivity index (χ2v) is 6.23. The molecule has 0 spiro atoms. The number of hydrogen-bond acceptors (Lipinski definition) is 4. The summed E-state index contributed by atoms with van der Waals surface area (Å²) in [7, 11) is 0. The smallest absolute Gasteiger partial charge is 0.416 e. The maximum absolute atomic E-state index is 12.9. The largest absolute Gasteiger partial charge is 0.444 e. The number of aromatic nitrogens is 1. The van der Waals surface area contributed by atoms with Gasteiger partial charge in [-0.1, -0.05) is 6.07 Å². The molecule has 142 valence electrons. The van der Waals surface area contributed by atoms with Crippen LogP contribution in [-0.2, 0) is 12.7 Å². The summed E-state index contributed by atoms with van der Waals surface area (Å²) < 4.78 is 82.0. The summed E-state index contributed by atoms with van der Waals surface area (Å²) in [6.45, 7) is -0.130. The first-order chi connectivity index (χ1) is 12.0. The van der Waals surface area contributed by atoms with E-state index in [1.165, 1.54) is 23.3 Å². The van der Waals surface area contributed by atoms with E-state index >= 15 is 0 Å². The molecule has 2 aromatic rings. The van der Waals surface area contributed by atoms with Gasteiger partial charge in [-0.3, -0.25) is 4.90 Å². The standard InChI is InChI=1S/C16H15F6N3O/c17-15(18,19)10-3-1-2-9(4-10)14-24-11(8-26-14)5-25-6-12(13(23)7-25)16(20,21)22/h1-4,8,12-13H,5-7,23H2/t12-,13-/m1/s1. The zero-order chi connectivity index (χ0) is 19.1. The van der Waals surface area contributed by atoms with Gasteiger partial charge in [-0.2, -0.15) is 26.3 Å². The van der Waals surface area contributed by atoms with Crippen LogP contribution in [0, 0.1) is 5.92 Å². The summed E-state index contributed by atoms with van der Waals surface area (Å²) in [4.78, 5) is 5.58. The van der Waals surface area contributed by atoms with Crippen molar-refractivity contribution in [3.8, 4) is 11.5 Å². The fraction of sp³-hybridized carbons (Fsp3) is 0.438. The Kier molecular flexibility index (Phi) is 4.74. The predicted octanol–water partition coefficient (Wildman–Crippen LogP) is 3.68. The van der Waals surface area contributed by atoms with E-state index in [4.69, 9.17) is 10.2 Å². The molecule has 1 aromatic carbocycles. The number of alkyl halides is 6. The fourth-order valence-corrected chi connectivity index (χ4v) is 2.96. The number of likely N-dealkylation sites (tertiary alicyclic amines) is 1. The normalized spacial score (nSPS) is 22.1. The van der Waals surface area contributed by atoms with Gasteiger partial charge in [0.1, 0.15) is 6.26 Å². The molecular formula is C16H15F6N3O. The molecule has 2 atom stereocenters. The number of oxazole rings is 1. The van der Waals surface area contributed by atoms with Crippen LogP contribution in [0.4, 0.5) is 26.3 Å². The summed E-state index contributed by atoms with van der Waals surface area (Å²) in [5.41, 5.74) is 5.17. The molecule has 1 aliphatic rings. The minimum Gasteiger partial charge on any atom is -0.444 e. The van der Waals surface area contributed by atoms with Gasteiger partial charge >= 0.3 is 12.4 Å². The Morgan fingerprint density at radius 2 is 1.88 bits per heavy atom. The van der Waals surface area contributed by atoms with Gasteiger partial charge in [0, 0.05) is 31.2 Å². The van der Waals surface area contributed by atoms with Gasteiger partial charge < -0.3 is 10.2 Å². The molecule has 0 amide bonds. The number of halogens is 6. The summed E-state index contributed by atoms with van der Waals surface area (Å²) >= 11 is 0. The van der Waals surface area contributed by atoms with Gasteiger partial charge in [-0.15, -0.1) is 0 Å². The third kappa shape index (κ3) is 4.01. The average Bonchev–Trinajstić information content (AvgIpc) is 3.13. The molecule has 4 nitrogen and oxygen atoms in total. The zero-order valence-corrected chi connectivity index (χ0v) is 13.3. The number of nitrogens with zero attached hydrogens (tertiary/aromatic N) is 2. The molecule has 1 aliphatic heterocycles. The van der Waals surface area contributed by atoms with Crippen molar-refractivity contribution < 1.29 is 30.8 Å². The van der Waals surface area contributed by atoms with E-state index in [0.717, 1.165) is 12.1 Å². The Bertz CT molecular complexity index is 770. The van der Waals surface area contributed by atoms with E-state index < -0.39 is 29.9 Å². The monoisotopic (exact) mass is 379 g/mol. The minimum atomic E-state index is -4.50. The highest BCUT2D eigenvalue weighted by Crippen LogP contribution is 2.34. The Hall–Kier alpha value is -2.07. The van der Waals surface area contributed by atoms with Crippen molar-refractivity contribution in [3.05, 3.63) is 41.8 Å². The molecule has 2 heterocycles. The highest BCUT2D eigenvalue weighted by atomic mass is 19.4. The first-order valence-corrected chi connectivity index (χ1v) is 7.71. The molecule has 1 saturated heterocycles. The molecule has 3 rings (SSSR count). The number of rotatable bonds is 3. The molecule has 10 heteroatoms. The maximum Gasteiger partial charge on any atom is 0.416 e. The van der Waals surface area contributed by atoms with Gasteiger partial charge in [0.25, 0.3) is 0 Å². The van der Waals surface area contributed by atoms with Crippen LogP contribution in [0.3, 0.4) is 0 Å². The van der Waals surface area contributed by atoms with E-state index in [2.05, 4.69) is 4.98 Å². The SMILES string of the molecule is N[C@@H]1CN(Cc2coc(-c3cccc(C(F)(F)F)c3)n2)C[C@H]1C(F)(F)F. The highest BCUT2D eigenvalue weighted by molar-refractivity contribution is 5.54. The van der Waals surface area contributed by atoms with Gasteiger partial charge in [-0.25, -0.2) is 4.98 Å². The van der Waals surface area contributed by atoms with Crippen LogP contribution >= 0.6 is 0 Å². The van der Waals surface area contributed by atoms with Crippen LogP contribution < -0.4 is 5.73 Å². The van der Waals surface area contributed by atoms with Crippen LogP contribution in [0.2, 0.25) is 0 Å². The second-order valence-electron chi connectivity index (χ2n) is 6.23.